The van der Waals surface area contributed by atoms with Crippen LogP contribution in [0.1, 0.15) is 31.7 Å². The summed E-state index contributed by atoms with van der Waals surface area (Å²) in [5, 5.41) is 0. The molecule has 0 saturated heterocycles. The molecule has 1 aromatic rings. The van der Waals surface area contributed by atoms with Crippen molar-refractivity contribution in [3.63, 3.8) is 0 Å². The molecule has 1 aromatic carbocycles. The van der Waals surface area contributed by atoms with E-state index in [2.05, 4.69) is 43.3 Å². The first-order valence-corrected chi connectivity index (χ1v) is 5.72. The first-order valence-electron chi connectivity index (χ1n) is 5.72. The number of hydrogen-bond acceptors (Lipinski definition) is 1. The van der Waals surface area contributed by atoms with Crippen molar-refractivity contribution in [2.75, 3.05) is 6.54 Å². The second-order valence-electron chi connectivity index (χ2n) is 3.97. The van der Waals surface area contributed by atoms with Crippen LogP contribution in [0, 0.1) is 0 Å². The molecule has 1 heteroatoms. The van der Waals surface area contributed by atoms with Gasteiger partial charge < -0.3 is 5.73 Å². The summed E-state index contributed by atoms with van der Waals surface area (Å²) in [5.74, 6) is 0. The Balaban J connectivity index is 2.22. The Morgan fingerprint density at radius 1 is 1.27 bits per heavy atom. The number of nitrogens with two attached hydrogens (primary N) is 1. The van der Waals surface area contributed by atoms with Gasteiger partial charge in [0.25, 0.3) is 0 Å². The van der Waals surface area contributed by atoms with Crippen LogP contribution >= 0.6 is 0 Å². The van der Waals surface area contributed by atoms with Gasteiger partial charge in [0.05, 0.1) is 0 Å². The molecule has 2 N–H and O–H groups in total. The van der Waals surface area contributed by atoms with Gasteiger partial charge in [-0.1, -0.05) is 42.0 Å². The highest BCUT2D eigenvalue weighted by Crippen LogP contribution is 2.09. The van der Waals surface area contributed by atoms with E-state index in [0.717, 1.165) is 13.0 Å². The molecule has 0 bridgehead atoms. The zero-order valence-corrected chi connectivity index (χ0v) is 9.58. The lowest BCUT2D eigenvalue weighted by Crippen LogP contribution is -1.96. The second-order valence-corrected chi connectivity index (χ2v) is 3.97. The fourth-order valence-corrected chi connectivity index (χ4v) is 1.65. The molecule has 1 rings (SSSR count). The topological polar surface area (TPSA) is 26.0 Å². The predicted octanol–water partition coefficient (Wildman–Crippen LogP) is 3.30. The third-order valence-electron chi connectivity index (χ3n) is 2.54. The average molecular weight is 203 g/mol. The highest BCUT2D eigenvalue weighted by molar-refractivity contribution is 5.14. The van der Waals surface area contributed by atoms with Crippen molar-refractivity contribution in [1.29, 1.82) is 0 Å². The van der Waals surface area contributed by atoms with Crippen molar-refractivity contribution in [2.24, 2.45) is 5.73 Å². The lowest BCUT2D eigenvalue weighted by molar-refractivity contribution is 0.805. The summed E-state index contributed by atoms with van der Waals surface area (Å²) >= 11 is 0. The van der Waals surface area contributed by atoms with Crippen molar-refractivity contribution < 1.29 is 0 Å². The van der Waals surface area contributed by atoms with Gasteiger partial charge in [0.1, 0.15) is 0 Å². The van der Waals surface area contributed by atoms with E-state index in [9.17, 15) is 0 Å². The Morgan fingerprint density at radius 2 is 2.00 bits per heavy atom. The molecule has 0 aliphatic heterocycles. The van der Waals surface area contributed by atoms with Crippen molar-refractivity contribution in [2.45, 2.75) is 32.6 Å². The summed E-state index contributed by atoms with van der Waals surface area (Å²) in [5.41, 5.74) is 8.36. The van der Waals surface area contributed by atoms with Gasteiger partial charge in [-0.2, -0.15) is 0 Å². The Kier molecular flexibility index (Phi) is 5.79. The fourth-order valence-electron chi connectivity index (χ4n) is 1.65. The lowest BCUT2D eigenvalue weighted by Gasteiger charge is -2.02. The third kappa shape index (κ3) is 5.38. The summed E-state index contributed by atoms with van der Waals surface area (Å²) in [6, 6.07) is 10.7. The molecule has 0 fully saturated rings. The van der Waals surface area contributed by atoms with E-state index in [1.165, 1.54) is 30.4 Å². The number of hydrogen-bond donors (Lipinski definition) is 1. The van der Waals surface area contributed by atoms with E-state index < -0.39 is 0 Å². The van der Waals surface area contributed by atoms with Gasteiger partial charge in [-0.25, -0.2) is 0 Å². The molecule has 0 spiro atoms. The zero-order valence-electron chi connectivity index (χ0n) is 9.58. The van der Waals surface area contributed by atoms with Gasteiger partial charge in [-0.3, -0.25) is 0 Å². The maximum atomic E-state index is 5.45. The van der Waals surface area contributed by atoms with Crippen molar-refractivity contribution in [3.05, 3.63) is 47.5 Å². The standard InChI is InChI=1S/C14H21N/c1-13(8-6-12-15)7-5-11-14-9-3-2-4-10-14/h2-4,8-10H,5-7,11-12,15H2,1H3. The Labute approximate surface area is 93.0 Å². The second kappa shape index (κ2) is 7.24. The molecule has 0 saturated carbocycles. The van der Waals surface area contributed by atoms with Crippen LogP contribution in [-0.4, -0.2) is 6.54 Å². The van der Waals surface area contributed by atoms with Gasteiger partial charge in [0, 0.05) is 0 Å². The summed E-state index contributed by atoms with van der Waals surface area (Å²) in [6.45, 7) is 2.96. The van der Waals surface area contributed by atoms with Crippen LogP contribution in [0.2, 0.25) is 0 Å². The fraction of sp³-hybridized carbons (Fsp3) is 0.429. The minimum atomic E-state index is 0.760. The van der Waals surface area contributed by atoms with Crippen LogP contribution in [0.4, 0.5) is 0 Å². The molecular formula is C14H21N. The predicted molar refractivity (Wildman–Crippen MR) is 66.8 cm³/mol. The van der Waals surface area contributed by atoms with Crippen LogP contribution in [0.5, 0.6) is 0 Å². The van der Waals surface area contributed by atoms with Crippen LogP contribution in [0.15, 0.2) is 42.0 Å². The van der Waals surface area contributed by atoms with Crippen LogP contribution in [-0.2, 0) is 6.42 Å². The Bertz CT molecular complexity index is 287. The molecule has 15 heavy (non-hydrogen) atoms. The minimum Gasteiger partial charge on any atom is -0.330 e. The van der Waals surface area contributed by atoms with Gasteiger partial charge >= 0.3 is 0 Å². The normalized spacial score (nSPS) is 11.7. The van der Waals surface area contributed by atoms with E-state index in [1.54, 1.807) is 0 Å². The summed E-state index contributed by atoms with van der Waals surface area (Å²) < 4.78 is 0. The molecule has 0 atom stereocenters. The monoisotopic (exact) mass is 203 g/mol. The minimum absolute atomic E-state index is 0.760. The summed E-state index contributed by atoms with van der Waals surface area (Å²) in [4.78, 5) is 0. The van der Waals surface area contributed by atoms with E-state index in [-0.39, 0.29) is 0 Å². The number of allylic oxidation sites excluding steroid dienone is 1. The van der Waals surface area contributed by atoms with E-state index in [4.69, 9.17) is 5.73 Å². The molecule has 0 aliphatic rings. The average Bonchev–Trinajstić information content (AvgIpc) is 2.28. The largest absolute Gasteiger partial charge is 0.330 e. The first kappa shape index (κ1) is 12.0. The smallest absolute Gasteiger partial charge is 0.00425 e. The summed E-state index contributed by atoms with van der Waals surface area (Å²) in [6.07, 6.45) is 6.86. The molecule has 82 valence electrons. The Hall–Kier alpha value is -1.08. The molecule has 1 nitrogen and oxygen atoms in total. The SMILES string of the molecule is CC(=CCCN)CCCc1ccccc1. The zero-order chi connectivity index (χ0) is 10.9. The van der Waals surface area contributed by atoms with E-state index in [1.807, 2.05) is 0 Å². The molecule has 0 unspecified atom stereocenters. The highest BCUT2D eigenvalue weighted by Gasteiger charge is 1.93. The highest BCUT2D eigenvalue weighted by atomic mass is 14.5. The van der Waals surface area contributed by atoms with Crippen LogP contribution < -0.4 is 5.73 Å². The molecule has 0 radical (unpaired) electrons. The van der Waals surface area contributed by atoms with E-state index >= 15 is 0 Å². The maximum Gasteiger partial charge on any atom is -0.00425 e. The quantitative estimate of drug-likeness (QED) is 0.705. The third-order valence-corrected chi connectivity index (χ3v) is 2.54. The number of aryl methyl sites for hydroxylation is 1. The lowest BCUT2D eigenvalue weighted by atomic mass is 10.0. The molecule has 0 aromatic heterocycles. The maximum absolute atomic E-state index is 5.45. The van der Waals surface area contributed by atoms with Gasteiger partial charge in [0.2, 0.25) is 0 Å². The van der Waals surface area contributed by atoms with Crippen LogP contribution in [0.3, 0.4) is 0 Å². The van der Waals surface area contributed by atoms with Gasteiger partial charge in [-0.15, -0.1) is 0 Å². The first-order chi connectivity index (χ1) is 7.33. The number of benzene rings is 1. The van der Waals surface area contributed by atoms with Gasteiger partial charge in [-0.05, 0) is 44.7 Å². The van der Waals surface area contributed by atoms with Crippen LogP contribution in [0.25, 0.3) is 0 Å². The molecule has 0 aliphatic carbocycles. The molecular weight excluding hydrogens is 182 g/mol. The van der Waals surface area contributed by atoms with Crippen molar-refractivity contribution >= 4 is 0 Å². The summed E-state index contributed by atoms with van der Waals surface area (Å²) in [7, 11) is 0. The molecule has 0 amide bonds. The van der Waals surface area contributed by atoms with Gasteiger partial charge in [0.15, 0.2) is 0 Å². The molecule has 0 heterocycles. The van der Waals surface area contributed by atoms with E-state index in [0.29, 0.717) is 0 Å². The number of rotatable bonds is 6. The Morgan fingerprint density at radius 3 is 2.67 bits per heavy atom. The van der Waals surface area contributed by atoms with Crippen molar-refractivity contribution in [1.82, 2.24) is 0 Å². The van der Waals surface area contributed by atoms with Crippen molar-refractivity contribution in [3.8, 4) is 0 Å².